The number of hydrogen-bond donors (Lipinski definition) is 2. The molecule has 1 saturated carbocycles. The van der Waals surface area contributed by atoms with Gasteiger partial charge in [0.2, 0.25) is 0 Å². The van der Waals surface area contributed by atoms with E-state index in [2.05, 4.69) is 11.6 Å². The predicted octanol–water partition coefficient (Wildman–Crippen LogP) is 3.16. The lowest BCUT2D eigenvalue weighted by atomic mass is 9.84. The second kappa shape index (κ2) is 5.45. The Kier molecular flexibility index (Phi) is 4.12. The highest BCUT2D eigenvalue weighted by Crippen LogP contribution is 2.42. The Hall–Kier alpha value is -0.810. The quantitative estimate of drug-likeness (QED) is 0.815. The number of hydrogen-bond acceptors (Lipinski definition) is 3. The summed E-state index contributed by atoms with van der Waals surface area (Å²) in [7, 11) is 0. The molecule has 0 unspecified atom stereocenters. The molecule has 0 bridgehead atoms. The van der Waals surface area contributed by atoms with Crippen LogP contribution in [0, 0.1) is 5.82 Å². The summed E-state index contributed by atoms with van der Waals surface area (Å²) in [5.41, 5.74) is 6.52. The van der Waals surface area contributed by atoms with Crippen molar-refractivity contribution in [3.05, 3.63) is 29.6 Å². The van der Waals surface area contributed by atoms with E-state index >= 15 is 0 Å². The molecule has 2 nitrogen and oxygen atoms in total. The summed E-state index contributed by atoms with van der Waals surface area (Å²) < 4.78 is 14.0. The number of rotatable bonds is 5. The van der Waals surface area contributed by atoms with Gasteiger partial charge in [0.1, 0.15) is 10.8 Å². The minimum Gasteiger partial charge on any atom is -0.389 e. The van der Waals surface area contributed by atoms with Crippen molar-refractivity contribution in [2.24, 2.45) is 5.73 Å². The molecule has 1 aromatic rings. The Morgan fingerprint density at radius 2 is 2.28 bits per heavy atom. The molecule has 0 atom stereocenters. The first-order chi connectivity index (χ1) is 8.56. The van der Waals surface area contributed by atoms with Crippen LogP contribution >= 0.6 is 24.0 Å². The summed E-state index contributed by atoms with van der Waals surface area (Å²) >= 11 is 6.67. The zero-order chi connectivity index (χ0) is 13.2. The fourth-order valence-corrected chi connectivity index (χ4v) is 3.19. The van der Waals surface area contributed by atoms with E-state index in [0.29, 0.717) is 10.3 Å². The van der Waals surface area contributed by atoms with Gasteiger partial charge in [0.15, 0.2) is 0 Å². The number of thioether (sulfide) groups is 1. The van der Waals surface area contributed by atoms with Crippen molar-refractivity contribution in [2.45, 2.75) is 24.0 Å². The molecule has 0 radical (unpaired) electrons. The van der Waals surface area contributed by atoms with Crippen molar-refractivity contribution in [1.82, 2.24) is 0 Å². The van der Waals surface area contributed by atoms with Crippen LogP contribution in [0.2, 0.25) is 0 Å². The summed E-state index contributed by atoms with van der Waals surface area (Å²) in [4.78, 5) is 0.0960. The SMILES string of the molecule is CSC1(CNc2ccc(C(N)=S)c(F)c2)CCC1. The van der Waals surface area contributed by atoms with Gasteiger partial charge in [0.05, 0.1) is 0 Å². The summed E-state index contributed by atoms with van der Waals surface area (Å²) in [6.45, 7) is 0.875. The highest BCUT2D eigenvalue weighted by molar-refractivity contribution is 8.00. The van der Waals surface area contributed by atoms with E-state index in [-0.39, 0.29) is 10.8 Å². The summed E-state index contributed by atoms with van der Waals surface area (Å²) in [5, 5.41) is 3.30. The zero-order valence-corrected chi connectivity index (χ0v) is 12.0. The molecule has 1 fully saturated rings. The van der Waals surface area contributed by atoms with Crippen LogP contribution in [0.1, 0.15) is 24.8 Å². The normalized spacial score (nSPS) is 17.0. The maximum atomic E-state index is 13.7. The summed E-state index contributed by atoms with van der Waals surface area (Å²) in [6, 6.07) is 4.91. The monoisotopic (exact) mass is 284 g/mol. The van der Waals surface area contributed by atoms with Crippen LogP contribution in [-0.2, 0) is 0 Å². The van der Waals surface area contributed by atoms with Crippen LogP contribution in [0.4, 0.5) is 10.1 Å². The molecule has 1 aliphatic rings. The number of anilines is 1. The maximum Gasteiger partial charge on any atom is 0.135 e. The van der Waals surface area contributed by atoms with Crippen LogP contribution in [0.5, 0.6) is 0 Å². The van der Waals surface area contributed by atoms with Crippen LogP contribution in [-0.4, -0.2) is 22.5 Å². The Morgan fingerprint density at radius 3 is 2.72 bits per heavy atom. The van der Waals surface area contributed by atoms with Gasteiger partial charge < -0.3 is 11.1 Å². The van der Waals surface area contributed by atoms with Gasteiger partial charge in [-0.3, -0.25) is 0 Å². The number of halogens is 1. The van der Waals surface area contributed by atoms with Crippen molar-refractivity contribution < 1.29 is 4.39 Å². The van der Waals surface area contributed by atoms with Crippen molar-refractivity contribution in [1.29, 1.82) is 0 Å². The molecule has 0 aromatic heterocycles. The van der Waals surface area contributed by atoms with Crippen molar-refractivity contribution in [3.63, 3.8) is 0 Å². The van der Waals surface area contributed by atoms with Gasteiger partial charge in [-0.05, 0) is 37.3 Å². The molecule has 1 aromatic carbocycles. The lowest BCUT2D eigenvalue weighted by Crippen LogP contribution is -2.40. The Bertz CT molecular complexity index is 453. The molecular weight excluding hydrogens is 267 g/mol. The molecule has 0 spiro atoms. The molecule has 18 heavy (non-hydrogen) atoms. The molecule has 0 saturated heterocycles. The van der Waals surface area contributed by atoms with Gasteiger partial charge in [0, 0.05) is 22.5 Å². The van der Waals surface area contributed by atoms with Crippen LogP contribution in [0.15, 0.2) is 18.2 Å². The highest BCUT2D eigenvalue weighted by Gasteiger charge is 2.35. The zero-order valence-electron chi connectivity index (χ0n) is 10.3. The smallest absolute Gasteiger partial charge is 0.135 e. The minimum atomic E-state index is -0.362. The summed E-state index contributed by atoms with van der Waals surface area (Å²) in [6.07, 6.45) is 5.89. The average molecular weight is 284 g/mol. The van der Waals surface area contributed by atoms with Crippen molar-refractivity contribution in [2.75, 3.05) is 18.1 Å². The topological polar surface area (TPSA) is 38.0 Å². The van der Waals surface area contributed by atoms with E-state index in [1.807, 2.05) is 17.8 Å². The Balaban J connectivity index is 2.02. The third-order valence-electron chi connectivity index (χ3n) is 3.55. The number of thiocarbonyl (C=S) groups is 1. The first-order valence-corrected chi connectivity index (χ1v) is 7.58. The van der Waals surface area contributed by atoms with E-state index in [9.17, 15) is 4.39 Å². The molecule has 98 valence electrons. The number of nitrogens with one attached hydrogen (secondary N) is 1. The average Bonchev–Trinajstić information content (AvgIpc) is 2.27. The molecule has 0 aliphatic heterocycles. The second-order valence-corrected chi connectivity index (χ2v) is 6.37. The molecular formula is C13H17FN2S2. The van der Waals surface area contributed by atoms with E-state index in [1.165, 1.54) is 25.3 Å². The first kappa shape index (κ1) is 13.6. The third-order valence-corrected chi connectivity index (χ3v) is 5.19. The molecule has 1 aliphatic carbocycles. The van der Waals surface area contributed by atoms with Crippen LogP contribution < -0.4 is 11.1 Å². The predicted molar refractivity (Wildman–Crippen MR) is 80.9 cm³/mol. The van der Waals surface area contributed by atoms with E-state index in [4.69, 9.17) is 18.0 Å². The molecule has 2 rings (SSSR count). The van der Waals surface area contributed by atoms with Crippen molar-refractivity contribution in [3.8, 4) is 0 Å². The van der Waals surface area contributed by atoms with Gasteiger partial charge >= 0.3 is 0 Å². The lowest BCUT2D eigenvalue weighted by molar-refractivity contribution is 0.380. The first-order valence-electron chi connectivity index (χ1n) is 5.95. The molecule has 0 amide bonds. The fourth-order valence-electron chi connectivity index (χ4n) is 2.11. The Labute approximate surface area is 117 Å². The molecule has 5 heteroatoms. The van der Waals surface area contributed by atoms with Gasteiger partial charge in [-0.2, -0.15) is 11.8 Å². The third kappa shape index (κ3) is 2.78. The van der Waals surface area contributed by atoms with Crippen molar-refractivity contribution >= 4 is 34.7 Å². The highest BCUT2D eigenvalue weighted by atomic mass is 32.2. The standard InChI is InChI=1S/C13H17FN2S2/c1-18-13(5-2-6-13)8-16-9-3-4-10(12(15)17)11(14)7-9/h3-4,7,16H,2,5-6,8H2,1H3,(H2,15,17). The molecule has 3 N–H and O–H groups in total. The summed E-state index contributed by atoms with van der Waals surface area (Å²) in [5.74, 6) is -0.362. The van der Waals surface area contributed by atoms with Gasteiger partial charge in [-0.15, -0.1) is 0 Å². The van der Waals surface area contributed by atoms with E-state index in [0.717, 1.165) is 12.2 Å². The van der Waals surface area contributed by atoms with Crippen LogP contribution in [0.3, 0.4) is 0 Å². The van der Waals surface area contributed by atoms with Gasteiger partial charge in [-0.25, -0.2) is 4.39 Å². The Morgan fingerprint density at radius 1 is 1.56 bits per heavy atom. The largest absolute Gasteiger partial charge is 0.389 e. The number of benzene rings is 1. The second-order valence-electron chi connectivity index (χ2n) is 4.65. The number of nitrogens with two attached hydrogens (primary N) is 1. The molecule has 0 heterocycles. The van der Waals surface area contributed by atoms with Crippen LogP contribution in [0.25, 0.3) is 0 Å². The minimum absolute atomic E-state index is 0.0960. The van der Waals surface area contributed by atoms with E-state index < -0.39 is 0 Å². The lowest BCUT2D eigenvalue weighted by Gasteiger charge is -2.40. The maximum absolute atomic E-state index is 13.7. The van der Waals surface area contributed by atoms with Gasteiger partial charge in [-0.1, -0.05) is 18.6 Å². The van der Waals surface area contributed by atoms with E-state index in [1.54, 1.807) is 6.07 Å². The fraction of sp³-hybridized carbons (Fsp3) is 0.462. The van der Waals surface area contributed by atoms with Gasteiger partial charge in [0.25, 0.3) is 0 Å².